The molecule has 1 saturated heterocycles. The summed E-state index contributed by atoms with van der Waals surface area (Å²) < 4.78 is 7.35. The number of fused-ring (bicyclic) bond motifs is 1. The van der Waals surface area contributed by atoms with Crippen molar-refractivity contribution in [2.45, 2.75) is 25.0 Å². The van der Waals surface area contributed by atoms with E-state index in [1.807, 2.05) is 7.05 Å². The highest BCUT2D eigenvalue weighted by molar-refractivity contribution is 9.10. The van der Waals surface area contributed by atoms with Crippen molar-refractivity contribution in [2.75, 3.05) is 18.6 Å². The third kappa shape index (κ3) is 2.43. The summed E-state index contributed by atoms with van der Waals surface area (Å²) in [5.74, 6) is 4.34. The van der Waals surface area contributed by atoms with Gasteiger partial charge in [-0.3, -0.25) is 0 Å². The number of benzene rings is 1. The molecule has 1 aromatic carbocycles. The van der Waals surface area contributed by atoms with Crippen LogP contribution in [0.1, 0.15) is 24.4 Å². The van der Waals surface area contributed by atoms with E-state index in [1.54, 1.807) is 0 Å². The molecule has 0 aromatic heterocycles. The van der Waals surface area contributed by atoms with E-state index < -0.39 is 0 Å². The second kappa shape index (κ2) is 5.43. The Hall–Kier alpha value is -0.190. The van der Waals surface area contributed by atoms with E-state index >= 15 is 0 Å². The molecule has 3 rings (SSSR count). The minimum absolute atomic E-state index is 0.381. The predicted octanol–water partition coefficient (Wildman–Crippen LogP) is 3.61. The average molecular weight is 328 g/mol. The molecule has 0 amide bonds. The van der Waals surface area contributed by atoms with Gasteiger partial charge in [0.25, 0.3) is 0 Å². The van der Waals surface area contributed by atoms with Crippen LogP contribution in [0.2, 0.25) is 0 Å². The number of ether oxygens (including phenoxy) is 1. The highest BCUT2D eigenvalue weighted by Crippen LogP contribution is 2.41. The fraction of sp³-hybridized carbons (Fsp3) is 0.571. The van der Waals surface area contributed by atoms with E-state index in [1.165, 1.54) is 23.5 Å². The summed E-state index contributed by atoms with van der Waals surface area (Å²) in [7, 11) is 2.04. The Kier molecular flexibility index (Phi) is 3.87. The minimum Gasteiger partial charge on any atom is -0.490 e. The van der Waals surface area contributed by atoms with Crippen molar-refractivity contribution in [3.63, 3.8) is 0 Å². The minimum atomic E-state index is 0.381. The monoisotopic (exact) mass is 327 g/mol. The van der Waals surface area contributed by atoms with Crippen molar-refractivity contribution in [3.8, 4) is 5.75 Å². The van der Waals surface area contributed by atoms with Crippen LogP contribution in [0.4, 0.5) is 0 Å². The SMILES string of the molecule is CNC1CC(C2CCSC2)Oc2ccc(Br)cc21. The number of nitrogens with one attached hydrogen (secondary N) is 1. The summed E-state index contributed by atoms with van der Waals surface area (Å²) in [5, 5.41) is 3.43. The van der Waals surface area contributed by atoms with Crippen molar-refractivity contribution in [1.29, 1.82) is 0 Å². The topological polar surface area (TPSA) is 21.3 Å². The maximum atomic E-state index is 6.23. The fourth-order valence-electron chi connectivity index (χ4n) is 2.88. The van der Waals surface area contributed by atoms with Crippen LogP contribution in [-0.2, 0) is 0 Å². The molecule has 3 atom stereocenters. The van der Waals surface area contributed by atoms with Gasteiger partial charge in [0, 0.05) is 28.4 Å². The van der Waals surface area contributed by atoms with Crippen molar-refractivity contribution in [2.24, 2.45) is 5.92 Å². The molecule has 0 radical (unpaired) electrons. The number of rotatable bonds is 2. The first kappa shape index (κ1) is 12.8. The van der Waals surface area contributed by atoms with Crippen LogP contribution < -0.4 is 10.1 Å². The zero-order valence-electron chi connectivity index (χ0n) is 10.5. The molecule has 18 heavy (non-hydrogen) atoms. The second-order valence-electron chi connectivity index (χ2n) is 5.04. The van der Waals surface area contributed by atoms with Crippen LogP contribution in [0, 0.1) is 5.92 Å². The molecule has 1 aromatic rings. The molecule has 98 valence electrons. The van der Waals surface area contributed by atoms with E-state index in [-0.39, 0.29) is 0 Å². The zero-order chi connectivity index (χ0) is 12.5. The molecule has 1 fully saturated rings. The van der Waals surface area contributed by atoms with E-state index in [0.29, 0.717) is 12.1 Å². The van der Waals surface area contributed by atoms with Crippen molar-refractivity contribution in [3.05, 3.63) is 28.2 Å². The predicted molar refractivity (Wildman–Crippen MR) is 80.4 cm³/mol. The van der Waals surface area contributed by atoms with E-state index in [0.717, 1.165) is 22.6 Å². The summed E-state index contributed by atoms with van der Waals surface area (Å²) in [5.41, 5.74) is 1.29. The summed E-state index contributed by atoms with van der Waals surface area (Å²) >= 11 is 5.60. The maximum Gasteiger partial charge on any atom is 0.124 e. The van der Waals surface area contributed by atoms with Gasteiger partial charge in [-0.25, -0.2) is 0 Å². The van der Waals surface area contributed by atoms with Crippen molar-refractivity contribution in [1.82, 2.24) is 5.32 Å². The van der Waals surface area contributed by atoms with E-state index in [2.05, 4.69) is 51.2 Å². The average Bonchev–Trinajstić information content (AvgIpc) is 2.91. The Bertz CT molecular complexity index is 434. The highest BCUT2D eigenvalue weighted by atomic mass is 79.9. The normalized spacial score (nSPS) is 30.9. The molecule has 1 N–H and O–H groups in total. The standard InChI is InChI=1S/C14H18BrNOS/c1-16-12-7-14(9-4-5-18-8-9)17-13-3-2-10(15)6-11(12)13/h2-3,6,9,12,14,16H,4-5,7-8H2,1H3. The van der Waals surface area contributed by atoms with Crippen LogP contribution in [0.3, 0.4) is 0 Å². The van der Waals surface area contributed by atoms with Gasteiger partial charge in [0.1, 0.15) is 11.9 Å². The van der Waals surface area contributed by atoms with Crippen LogP contribution in [0.5, 0.6) is 5.75 Å². The first-order valence-electron chi connectivity index (χ1n) is 6.49. The molecule has 0 aliphatic carbocycles. The van der Waals surface area contributed by atoms with Gasteiger partial charge in [-0.2, -0.15) is 11.8 Å². The Morgan fingerprint density at radius 3 is 3.06 bits per heavy atom. The fourth-order valence-corrected chi connectivity index (χ4v) is 4.58. The summed E-state index contributed by atoms with van der Waals surface area (Å²) in [6.45, 7) is 0. The zero-order valence-corrected chi connectivity index (χ0v) is 12.9. The van der Waals surface area contributed by atoms with Gasteiger partial charge in [0.15, 0.2) is 0 Å². The van der Waals surface area contributed by atoms with Gasteiger partial charge in [-0.15, -0.1) is 0 Å². The van der Waals surface area contributed by atoms with Crippen LogP contribution in [0.25, 0.3) is 0 Å². The molecule has 2 nitrogen and oxygen atoms in total. The smallest absolute Gasteiger partial charge is 0.124 e. The number of hydrogen-bond donors (Lipinski definition) is 1. The Balaban J connectivity index is 1.86. The van der Waals surface area contributed by atoms with Gasteiger partial charge in [-0.05, 0) is 43.2 Å². The maximum absolute atomic E-state index is 6.23. The second-order valence-corrected chi connectivity index (χ2v) is 7.10. The van der Waals surface area contributed by atoms with Crippen molar-refractivity contribution < 1.29 is 4.74 Å². The van der Waals surface area contributed by atoms with Gasteiger partial charge in [0.05, 0.1) is 0 Å². The van der Waals surface area contributed by atoms with E-state index in [9.17, 15) is 0 Å². The molecule has 2 heterocycles. The van der Waals surface area contributed by atoms with Crippen LogP contribution in [-0.4, -0.2) is 24.7 Å². The molecular weight excluding hydrogens is 310 g/mol. The molecule has 0 saturated carbocycles. The highest BCUT2D eigenvalue weighted by Gasteiger charge is 2.34. The number of thioether (sulfide) groups is 1. The van der Waals surface area contributed by atoms with Crippen molar-refractivity contribution >= 4 is 27.7 Å². The Morgan fingerprint density at radius 2 is 2.33 bits per heavy atom. The van der Waals surface area contributed by atoms with Gasteiger partial charge in [0.2, 0.25) is 0 Å². The van der Waals surface area contributed by atoms with Crippen LogP contribution in [0.15, 0.2) is 22.7 Å². The van der Waals surface area contributed by atoms with Gasteiger partial charge < -0.3 is 10.1 Å². The molecule has 2 aliphatic rings. The summed E-state index contributed by atoms with van der Waals surface area (Å²) in [6, 6.07) is 6.76. The van der Waals surface area contributed by atoms with Gasteiger partial charge >= 0.3 is 0 Å². The van der Waals surface area contributed by atoms with E-state index in [4.69, 9.17) is 4.74 Å². The summed E-state index contributed by atoms with van der Waals surface area (Å²) in [4.78, 5) is 0. The quantitative estimate of drug-likeness (QED) is 0.896. The third-order valence-corrected chi connectivity index (χ3v) is 5.61. The number of hydrogen-bond acceptors (Lipinski definition) is 3. The Labute approximate surface area is 121 Å². The first-order chi connectivity index (χ1) is 8.78. The lowest BCUT2D eigenvalue weighted by Crippen LogP contribution is -2.36. The van der Waals surface area contributed by atoms with Crippen LogP contribution >= 0.6 is 27.7 Å². The molecule has 0 spiro atoms. The summed E-state index contributed by atoms with van der Waals surface area (Å²) in [6.07, 6.45) is 2.77. The molecule has 3 unspecified atom stereocenters. The molecule has 2 aliphatic heterocycles. The third-order valence-electron chi connectivity index (χ3n) is 3.93. The largest absolute Gasteiger partial charge is 0.490 e. The number of halogens is 1. The Morgan fingerprint density at radius 1 is 1.44 bits per heavy atom. The van der Waals surface area contributed by atoms with Gasteiger partial charge in [-0.1, -0.05) is 15.9 Å². The molecular formula is C14H18BrNOS. The lowest BCUT2D eigenvalue weighted by molar-refractivity contribution is 0.104. The molecule has 0 bridgehead atoms. The first-order valence-corrected chi connectivity index (χ1v) is 8.44. The molecule has 4 heteroatoms. The lowest BCUT2D eigenvalue weighted by atomic mass is 9.89. The lowest BCUT2D eigenvalue weighted by Gasteiger charge is -2.35.